The molecule has 0 unspecified atom stereocenters. The molecule has 1 aromatic rings. The molecule has 6 N–H and O–H groups in total. The van der Waals surface area contributed by atoms with Crippen LogP contribution in [0, 0.1) is 5.41 Å². The topological polar surface area (TPSA) is 118 Å². The fraction of sp³-hybridized carbons (Fsp3) is 0.571. The van der Waals surface area contributed by atoms with Crippen molar-refractivity contribution in [3.63, 3.8) is 0 Å². The maximum absolute atomic E-state index is 11.3. The second-order valence-corrected chi connectivity index (χ2v) is 7.40. The molecular weight excluding hydrogens is 290 g/mol. The van der Waals surface area contributed by atoms with Crippen LogP contribution in [0.15, 0.2) is 23.1 Å². The zero-order valence-electron chi connectivity index (χ0n) is 12.0. The molecule has 0 amide bonds. The molecule has 0 spiro atoms. The number of hydrogen-bond acceptors (Lipinski definition) is 5. The third-order valence-corrected chi connectivity index (χ3v) is 5.22. The summed E-state index contributed by atoms with van der Waals surface area (Å²) in [7, 11) is -3.80. The molecule has 0 bridgehead atoms. The second kappa shape index (κ2) is 6.21. The van der Waals surface area contributed by atoms with Gasteiger partial charge in [-0.3, -0.25) is 0 Å². The molecule has 21 heavy (non-hydrogen) atoms. The number of aliphatic hydroxyl groups is 1. The highest BCUT2D eigenvalue weighted by molar-refractivity contribution is 7.89. The summed E-state index contributed by atoms with van der Waals surface area (Å²) in [6.07, 6.45) is 5.49. The number of rotatable bonds is 5. The summed E-state index contributed by atoms with van der Waals surface area (Å²) in [4.78, 5) is -0.0670. The number of hydrogen-bond donors (Lipinski definition) is 4. The van der Waals surface area contributed by atoms with E-state index in [1.807, 2.05) is 0 Å². The third kappa shape index (κ3) is 3.87. The van der Waals surface area contributed by atoms with E-state index in [0.717, 1.165) is 31.4 Å². The lowest BCUT2D eigenvalue weighted by Crippen LogP contribution is -2.35. The van der Waals surface area contributed by atoms with Gasteiger partial charge in [0.15, 0.2) is 0 Å². The first kappa shape index (κ1) is 16.1. The lowest BCUT2D eigenvalue weighted by atomic mass is 9.74. The molecule has 118 valence electrons. The summed E-state index contributed by atoms with van der Waals surface area (Å²) in [5.41, 5.74) is 6.50. The van der Waals surface area contributed by atoms with Crippen molar-refractivity contribution in [2.45, 2.75) is 37.0 Å². The molecule has 0 radical (unpaired) electrons. The molecule has 0 atom stereocenters. The smallest absolute Gasteiger partial charge is 0.240 e. The number of primary sulfonamides is 1. The van der Waals surface area contributed by atoms with Crippen LogP contribution in [0.5, 0.6) is 0 Å². The number of sulfonamides is 1. The van der Waals surface area contributed by atoms with Gasteiger partial charge in [0, 0.05) is 17.6 Å². The number of nitrogen functional groups attached to an aromatic ring is 1. The van der Waals surface area contributed by atoms with Crippen LogP contribution in [0.1, 0.15) is 32.1 Å². The van der Waals surface area contributed by atoms with Crippen molar-refractivity contribution in [2.24, 2.45) is 10.6 Å². The van der Waals surface area contributed by atoms with E-state index in [1.54, 1.807) is 12.1 Å². The van der Waals surface area contributed by atoms with Crippen LogP contribution < -0.4 is 16.2 Å². The molecular formula is C14H23N3O3S. The number of anilines is 2. The van der Waals surface area contributed by atoms with Crippen molar-refractivity contribution in [3.8, 4) is 0 Å². The lowest BCUT2D eigenvalue weighted by Gasteiger charge is -2.36. The van der Waals surface area contributed by atoms with Crippen LogP contribution in [0.25, 0.3) is 0 Å². The average Bonchev–Trinajstić information content (AvgIpc) is 2.45. The van der Waals surface area contributed by atoms with Gasteiger partial charge >= 0.3 is 0 Å². The van der Waals surface area contributed by atoms with E-state index < -0.39 is 10.0 Å². The Bertz CT molecular complexity index is 595. The zero-order valence-corrected chi connectivity index (χ0v) is 12.8. The molecule has 1 aromatic carbocycles. The van der Waals surface area contributed by atoms with Crippen molar-refractivity contribution in [3.05, 3.63) is 18.2 Å². The Morgan fingerprint density at radius 2 is 1.90 bits per heavy atom. The van der Waals surface area contributed by atoms with Crippen molar-refractivity contribution in [1.82, 2.24) is 0 Å². The van der Waals surface area contributed by atoms with Gasteiger partial charge in [-0.2, -0.15) is 0 Å². The molecule has 1 saturated carbocycles. The summed E-state index contributed by atoms with van der Waals surface area (Å²) in [5, 5.41) is 18.0. The highest BCUT2D eigenvalue weighted by atomic mass is 32.2. The molecule has 1 aliphatic rings. The lowest BCUT2D eigenvalue weighted by molar-refractivity contribution is 0.0944. The Morgan fingerprint density at radius 3 is 2.43 bits per heavy atom. The van der Waals surface area contributed by atoms with Crippen LogP contribution in [-0.2, 0) is 10.0 Å². The van der Waals surface area contributed by atoms with Crippen molar-refractivity contribution >= 4 is 21.4 Å². The van der Waals surface area contributed by atoms with Crippen molar-refractivity contribution in [1.29, 1.82) is 0 Å². The van der Waals surface area contributed by atoms with Gasteiger partial charge < -0.3 is 16.2 Å². The molecule has 1 fully saturated rings. The molecule has 0 aliphatic heterocycles. The Kier molecular flexibility index (Phi) is 4.75. The van der Waals surface area contributed by atoms with Gasteiger partial charge in [-0.05, 0) is 31.0 Å². The quantitative estimate of drug-likeness (QED) is 0.610. The number of nitrogens with two attached hydrogens (primary N) is 2. The van der Waals surface area contributed by atoms with Gasteiger partial charge in [0.2, 0.25) is 10.0 Å². The average molecular weight is 313 g/mol. The van der Waals surface area contributed by atoms with E-state index in [4.69, 9.17) is 10.9 Å². The van der Waals surface area contributed by atoms with E-state index in [9.17, 15) is 13.5 Å². The highest BCUT2D eigenvalue weighted by Crippen LogP contribution is 2.36. The van der Waals surface area contributed by atoms with Gasteiger partial charge in [-0.1, -0.05) is 19.3 Å². The van der Waals surface area contributed by atoms with Gasteiger partial charge in [0.1, 0.15) is 4.90 Å². The molecule has 0 aromatic heterocycles. The van der Waals surface area contributed by atoms with E-state index in [0.29, 0.717) is 6.54 Å². The molecule has 0 heterocycles. The monoisotopic (exact) mass is 313 g/mol. The SMILES string of the molecule is Nc1cc(NCC2(CO)CCCCC2)ccc1S(N)(=O)=O. The van der Waals surface area contributed by atoms with Crippen LogP contribution >= 0.6 is 0 Å². The van der Waals surface area contributed by atoms with E-state index in [2.05, 4.69) is 5.32 Å². The maximum Gasteiger partial charge on any atom is 0.240 e. The van der Waals surface area contributed by atoms with Crippen LogP contribution in [0.3, 0.4) is 0 Å². The minimum atomic E-state index is -3.80. The first-order chi connectivity index (χ1) is 9.86. The first-order valence-electron chi connectivity index (χ1n) is 7.13. The molecule has 0 saturated heterocycles. The summed E-state index contributed by atoms with van der Waals surface area (Å²) in [6.45, 7) is 0.808. The standard InChI is InChI=1S/C14H23N3O3S/c15-12-8-11(4-5-13(12)21(16,19)20)17-9-14(10-18)6-2-1-3-7-14/h4-5,8,17-18H,1-3,6-7,9-10,15H2,(H2,16,19,20). The molecule has 2 rings (SSSR count). The van der Waals surface area contributed by atoms with Crippen LogP contribution in [-0.4, -0.2) is 26.7 Å². The normalized spacial score (nSPS) is 18.4. The fourth-order valence-corrected chi connectivity index (χ4v) is 3.54. The summed E-state index contributed by atoms with van der Waals surface area (Å²) in [5.74, 6) is 0. The summed E-state index contributed by atoms with van der Waals surface area (Å²) in [6, 6.07) is 4.61. The Morgan fingerprint density at radius 1 is 1.24 bits per heavy atom. The Labute approximate surface area is 125 Å². The van der Waals surface area contributed by atoms with Crippen LogP contribution in [0.4, 0.5) is 11.4 Å². The predicted octanol–water partition coefficient (Wildman–Crippen LogP) is 1.27. The number of nitrogens with one attached hydrogen (secondary N) is 1. The van der Waals surface area contributed by atoms with Gasteiger partial charge in [-0.15, -0.1) is 0 Å². The van der Waals surface area contributed by atoms with Crippen molar-refractivity contribution in [2.75, 3.05) is 24.2 Å². The summed E-state index contributed by atoms with van der Waals surface area (Å²) >= 11 is 0. The Hall–Kier alpha value is -1.31. The Balaban J connectivity index is 2.08. The largest absolute Gasteiger partial charge is 0.398 e. The highest BCUT2D eigenvalue weighted by Gasteiger charge is 2.31. The molecule has 7 heteroatoms. The van der Waals surface area contributed by atoms with E-state index >= 15 is 0 Å². The first-order valence-corrected chi connectivity index (χ1v) is 8.68. The van der Waals surface area contributed by atoms with Crippen LogP contribution in [0.2, 0.25) is 0 Å². The minimum absolute atomic E-state index is 0.0670. The second-order valence-electron chi connectivity index (χ2n) is 5.87. The van der Waals surface area contributed by atoms with Gasteiger partial charge in [-0.25, -0.2) is 13.6 Å². The van der Waals surface area contributed by atoms with E-state index in [1.165, 1.54) is 12.5 Å². The number of aliphatic hydroxyl groups excluding tert-OH is 1. The van der Waals surface area contributed by atoms with Gasteiger partial charge in [0.05, 0.1) is 12.3 Å². The number of benzene rings is 1. The molecule has 1 aliphatic carbocycles. The predicted molar refractivity (Wildman–Crippen MR) is 83.3 cm³/mol. The van der Waals surface area contributed by atoms with Crippen molar-refractivity contribution < 1.29 is 13.5 Å². The minimum Gasteiger partial charge on any atom is -0.398 e. The van der Waals surface area contributed by atoms with E-state index in [-0.39, 0.29) is 22.6 Å². The zero-order chi connectivity index (χ0) is 15.5. The maximum atomic E-state index is 11.3. The van der Waals surface area contributed by atoms with Gasteiger partial charge in [0.25, 0.3) is 0 Å². The third-order valence-electron chi connectivity index (χ3n) is 4.23. The molecule has 6 nitrogen and oxygen atoms in total. The summed E-state index contributed by atoms with van der Waals surface area (Å²) < 4.78 is 22.6. The fourth-order valence-electron chi connectivity index (χ4n) is 2.90.